The second-order valence-corrected chi connectivity index (χ2v) is 8.26. The monoisotopic (exact) mass is 361 g/mol. The molecule has 5 nitrogen and oxygen atoms in total. The highest BCUT2D eigenvalue weighted by Gasteiger charge is 2.28. The number of hydrogen-bond acceptors (Lipinski definition) is 4. The summed E-state index contributed by atoms with van der Waals surface area (Å²) in [5, 5.41) is 0. The van der Waals surface area contributed by atoms with Gasteiger partial charge in [-0.25, -0.2) is 12.7 Å². The van der Waals surface area contributed by atoms with E-state index in [1.807, 2.05) is 0 Å². The standard InChI is InChI=1S/C13H20BrN3O2S/c1-16-6-5-10(8-16)9-17(2)20(18,19)13-7-11(15)3-4-12(13)14/h3-4,7,10H,5-6,8-9,15H2,1-2H3. The zero-order valence-corrected chi connectivity index (χ0v) is 14.1. The lowest BCUT2D eigenvalue weighted by Crippen LogP contribution is -2.33. The molecule has 0 radical (unpaired) electrons. The van der Waals surface area contributed by atoms with Gasteiger partial charge in [-0.2, -0.15) is 0 Å². The quantitative estimate of drug-likeness (QED) is 0.827. The molecule has 7 heteroatoms. The Hall–Kier alpha value is -0.630. The normalized spacial score (nSPS) is 20.7. The van der Waals surface area contributed by atoms with Gasteiger partial charge in [-0.3, -0.25) is 0 Å². The number of nitrogens with zero attached hydrogens (tertiary/aromatic N) is 2. The number of likely N-dealkylation sites (tertiary alicyclic amines) is 1. The molecule has 0 aromatic heterocycles. The number of rotatable bonds is 4. The van der Waals surface area contributed by atoms with Crippen molar-refractivity contribution in [3.05, 3.63) is 22.7 Å². The van der Waals surface area contributed by atoms with Crippen molar-refractivity contribution in [2.45, 2.75) is 11.3 Å². The summed E-state index contributed by atoms with van der Waals surface area (Å²) in [5.41, 5.74) is 6.14. The molecule has 2 N–H and O–H groups in total. The van der Waals surface area contributed by atoms with Crippen molar-refractivity contribution in [2.24, 2.45) is 5.92 Å². The molecule has 0 bridgehead atoms. The molecule has 20 heavy (non-hydrogen) atoms. The molecule has 1 unspecified atom stereocenters. The van der Waals surface area contributed by atoms with Gasteiger partial charge in [0.15, 0.2) is 0 Å². The number of anilines is 1. The Labute approximate surface area is 128 Å². The first-order chi connectivity index (χ1) is 9.30. The van der Waals surface area contributed by atoms with Crippen LogP contribution in [0, 0.1) is 5.92 Å². The Morgan fingerprint density at radius 2 is 2.20 bits per heavy atom. The maximum atomic E-state index is 12.6. The van der Waals surface area contributed by atoms with Crippen LogP contribution in [0.3, 0.4) is 0 Å². The average Bonchev–Trinajstić information content (AvgIpc) is 2.77. The number of halogens is 1. The molecule has 0 spiro atoms. The van der Waals surface area contributed by atoms with Crippen LogP contribution in [0.5, 0.6) is 0 Å². The van der Waals surface area contributed by atoms with Crippen molar-refractivity contribution >= 4 is 31.6 Å². The van der Waals surface area contributed by atoms with E-state index in [0.29, 0.717) is 22.6 Å². The molecule has 1 atom stereocenters. The van der Waals surface area contributed by atoms with Crippen molar-refractivity contribution in [3.8, 4) is 0 Å². The zero-order chi connectivity index (χ0) is 14.9. The summed E-state index contributed by atoms with van der Waals surface area (Å²) in [6.07, 6.45) is 1.04. The second-order valence-electron chi connectivity index (χ2n) is 5.39. The van der Waals surface area contributed by atoms with Crippen LogP contribution in [0.2, 0.25) is 0 Å². The third kappa shape index (κ3) is 3.33. The average molecular weight is 362 g/mol. The molecule has 0 aliphatic carbocycles. The van der Waals surface area contributed by atoms with Crippen molar-refractivity contribution < 1.29 is 8.42 Å². The summed E-state index contributed by atoms with van der Waals surface area (Å²) in [7, 11) is 0.178. The van der Waals surface area contributed by atoms with E-state index in [1.54, 1.807) is 19.2 Å². The minimum absolute atomic E-state index is 0.228. The number of hydrogen-bond donors (Lipinski definition) is 1. The lowest BCUT2D eigenvalue weighted by atomic mass is 10.1. The highest BCUT2D eigenvalue weighted by Crippen LogP contribution is 2.27. The van der Waals surface area contributed by atoms with E-state index in [4.69, 9.17) is 5.73 Å². The number of benzene rings is 1. The highest BCUT2D eigenvalue weighted by atomic mass is 79.9. The predicted molar refractivity (Wildman–Crippen MR) is 84.0 cm³/mol. The van der Waals surface area contributed by atoms with E-state index in [0.717, 1.165) is 19.5 Å². The van der Waals surface area contributed by atoms with Crippen molar-refractivity contribution in [1.82, 2.24) is 9.21 Å². The molecule has 1 fully saturated rings. The maximum Gasteiger partial charge on any atom is 0.244 e. The Bertz CT molecular complexity index is 591. The number of nitrogens with two attached hydrogens (primary N) is 1. The molecular formula is C13H20BrN3O2S. The molecule has 1 heterocycles. The van der Waals surface area contributed by atoms with E-state index in [-0.39, 0.29) is 4.90 Å². The molecule has 2 rings (SSSR count). The SMILES string of the molecule is CN1CCC(CN(C)S(=O)(=O)c2cc(N)ccc2Br)C1. The van der Waals surface area contributed by atoms with Gasteiger partial charge in [-0.15, -0.1) is 0 Å². The fraction of sp³-hybridized carbons (Fsp3) is 0.538. The van der Waals surface area contributed by atoms with E-state index in [2.05, 4.69) is 27.9 Å². The van der Waals surface area contributed by atoms with Gasteiger partial charge in [0.2, 0.25) is 10.0 Å². The van der Waals surface area contributed by atoms with Gasteiger partial charge in [-0.1, -0.05) is 0 Å². The van der Waals surface area contributed by atoms with E-state index >= 15 is 0 Å². The highest BCUT2D eigenvalue weighted by molar-refractivity contribution is 9.10. The largest absolute Gasteiger partial charge is 0.399 e. The molecule has 112 valence electrons. The Balaban J connectivity index is 2.19. The second kappa shape index (κ2) is 6.01. The lowest BCUT2D eigenvalue weighted by molar-refractivity contribution is 0.356. The van der Waals surface area contributed by atoms with E-state index < -0.39 is 10.0 Å². The van der Waals surface area contributed by atoms with Crippen LogP contribution in [-0.4, -0.2) is 51.4 Å². The third-order valence-corrected chi connectivity index (χ3v) is 6.46. The Morgan fingerprint density at radius 1 is 1.50 bits per heavy atom. The summed E-state index contributed by atoms with van der Waals surface area (Å²) in [4.78, 5) is 2.45. The zero-order valence-electron chi connectivity index (χ0n) is 11.7. The molecule has 0 saturated carbocycles. The molecule has 1 aliphatic rings. The third-order valence-electron chi connectivity index (χ3n) is 3.65. The molecule has 1 aromatic carbocycles. The summed E-state index contributed by atoms with van der Waals surface area (Å²) < 4.78 is 27.2. The fourth-order valence-corrected chi connectivity index (χ4v) is 4.73. The molecule has 1 saturated heterocycles. The first-order valence-corrected chi connectivity index (χ1v) is 8.74. The smallest absolute Gasteiger partial charge is 0.244 e. The van der Waals surface area contributed by atoms with Gasteiger partial charge >= 0.3 is 0 Å². The summed E-state index contributed by atoms with van der Waals surface area (Å²) >= 11 is 3.29. The van der Waals surface area contributed by atoms with E-state index in [1.165, 1.54) is 10.4 Å². The number of sulfonamides is 1. The van der Waals surface area contributed by atoms with Crippen molar-refractivity contribution in [3.63, 3.8) is 0 Å². The molecule has 0 amide bonds. The van der Waals surface area contributed by atoms with Crippen LogP contribution in [0.25, 0.3) is 0 Å². The topological polar surface area (TPSA) is 66.6 Å². The van der Waals surface area contributed by atoms with Crippen LogP contribution < -0.4 is 5.73 Å². The summed E-state index contributed by atoms with van der Waals surface area (Å²) in [5.74, 6) is 0.389. The summed E-state index contributed by atoms with van der Waals surface area (Å²) in [6, 6.07) is 4.84. The van der Waals surface area contributed by atoms with Crippen LogP contribution in [-0.2, 0) is 10.0 Å². The van der Waals surface area contributed by atoms with Crippen LogP contribution in [0.4, 0.5) is 5.69 Å². The minimum atomic E-state index is -3.51. The first kappa shape index (κ1) is 15.8. The van der Waals surface area contributed by atoms with Gasteiger partial charge in [0.1, 0.15) is 0 Å². The van der Waals surface area contributed by atoms with Gasteiger partial charge in [-0.05, 0) is 60.1 Å². The van der Waals surface area contributed by atoms with Gasteiger partial charge < -0.3 is 10.6 Å². The molecule has 1 aliphatic heterocycles. The van der Waals surface area contributed by atoms with Crippen molar-refractivity contribution in [2.75, 3.05) is 39.5 Å². The van der Waals surface area contributed by atoms with Gasteiger partial charge in [0.05, 0.1) is 4.90 Å². The molecular weight excluding hydrogens is 342 g/mol. The van der Waals surface area contributed by atoms with Crippen LogP contribution >= 0.6 is 15.9 Å². The van der Waals surface area contributed by atoms with Crippen LogP contribution in [0.15, 0.2) is 27.6 Å². The lowest BCUT2D eigenvalue weighted by Gasteiger charge is -2.21. The van der Waals surface area contributed by atoms with Crippen molar-refractivity contribution in [1.29, 1.82) is 0 Å². The fourth-order valence-electron chi connectivity index (χ4n) is 2.52. The maximum absolute atomic E-state index is 12.6. The van der Waals surface area contributed by atoms with Gasteiger partial charge in [0.25, 0.3) is 0 Å². The predicted octanol–water partition coefficient (Wildman–Crippen LogP) is 1.60. The van der Waals surface area contributed by atoms with Crippen LogP contribution in [0.1, 0.15) is 6.42 Å². The molecule has 1 aromatic rings. The number of nitrogen functional groups attached to an aromatic ring is 1. The van der Waals surface area contributed by atoms with Gasteiger partial charge in [0, 0.05) is 30.3 Å². The van der Waals surface area contributed by atoms with E-state index in [9.17, 15) is 8.42 Å². The summed E-state index contributed by atoms with van der Waals surface area (Å²) in [6.45, 7) is 2.51. The minimum Gasteiger partial charge on any atom is -0.399 e. The first-order valence-electron chi connectivity index (χ1n) is 6.50. The Kier molecular flexibility index (Phi) is 4.73. The Morgan fingerprint density at radius 3 is 2.80 bits per heavy atom.